The molecule has 22 heavy (non-hydrogen) atoms. The highest BCUT2D eigenvalue weighted by Gasteiger charge is 2.35. The molecule has 0 saturated heterocycles. The standard InChI is InChI=1S/C18H18FNO2/c19-14-5-6-17-15(9-14)18(16(21)11-22-17)20-8-7-12-3-1-2-4-13(12)10-20/h1-6,9,16,18,21H,7-8,10-11H2. The maximum atomic E-state index is 13.6. The number of rotatable bonds is 1. The highest BCUT2D eigenvalue weighted by atomic mass is 19.1. The molecule has 0 fully saturated rings. The minimum Gasteiger partial charge on any atom is -0.490 e. The zero-order valence-electron chi connectivity index (χ0n) is 12.2. The van der Waals surface area contributed by atoms with Crippen molar-refractivity contribution in [1.29, 1.82) is 0 Å². The van der Waals surface area contributed by atoms with E-state index in [0.717, 1.165) is 25.1 Å². The number of halogens is 1. The van der Waals surface area contributed by atoms with Crippen LogP contribution in [0.1, 0.15) is 22.7 Å². The van der Waals surface area contributed by atoms with Gasteiger partial charge >= 0.3 is 0 Å². The maximum absolute atomic E-state index is 13.6. The van der Waals surface area contributed by atoms with Crippen LogP contribution in [-0.2, 0) is 13.0 Å². The number of fused-ring (bicyclic) bond motifs is 2. The van der Waals surface area contributed by atoms with E-state index in [4.69, 9.17) is 4.74 Å². The summed E-state index contributed by atoms with van der Waals surface area (Å²) in [5.41, 5.74) is 3.39. The summed E-state index contributed by atoms with van der Waals surface area (Å²) in [4.78, 5) is 2.23. The maximum Gasteiger partial charge on any atom is 0.124 e. The number of nitrogens with zero attached hydrogens (tertiary/aromatic N) is 1. The number of hydrogen-bond acceptors (Lipinski definition) is 3. The van der Waals surface area contributed by atoms with Crippen molar-refractivity contribution in [3.63, 3.8) is 0 Å². The lowest BCUT2D eigenvalue weighted by Crippen LogP contribution is -2.44. The minimum absolute atomic E-state index is 0.215. The van der Waals surface area contributed by atoms with Crippen molar-refractivity contribution in [3.05, 3.63) is 65.0 Å². The summed E-state index contributed by atoms with van der Waals surface area (Å²) in [6.45, 7) is 1.88. The summed E-state index contributed by atoms with van der Waals surface area (Å²) >= 11 is 0. The molecule has 4 heteroatoms. The first-order chi connectivity index (χ1) is 10.7. The summed E-state index contributed by atoms with van der Waals surface area (Å²) in [6.07, 6.45) is 0.310. The molecule has 2 atom stereocenters. The van der Waals surface area contributed by atoms with Gasteiger partial charge in [0, 0.05) is 18.7 Å². The van der Waals surface area contributed by atoms with Crippen molar-refractivity contribution >= 4 is 0 Å². The van der Waals surface area contributed by atoms with E-state index in [2.05, 4.69) is 23.1 Å². The molecule has 4 rings (SSSR count). The molecule has 0 saturated carbocycles. The Morgan fingerprint density at radius 2 is 1.95 bits per heavy atom. The Hall–Kier alpha value is -1.91. The van der Waals surface area contributed by atoms with Crippen molar-refractivity contribution in [3.8, 4) is 5.75 Å². The Kier molecular flexibility index (Phi) is 3.36. The lowest BCUT2D eigenvalue weighted by molar-refractivity contribution is -0.00568. The van der Waals surface area contributed by atoms with Gasteiger partial charge in [0.05, 0.1) is 6.04 Å². The number of aliphatic hydroxyl groups is 1. The molecule has 0 spiro atoms. The second-order valence-electron chi connectivity index (χ2n) is 5.99. The van der Waals surface area contributed by atoms with Crippen molar-refractivity contribution < 1.29 is 14.2 Å². The molecule has 2 aliphatic rings. The Morgan fingerprint density at radius 3 is 2.82 bits per heavy atom. The molecule has 0 aromatic heterocycles. The molecule has 2 unspecified atom stereocenters. The van der Waals surface area contributed by atoms with Gasteiger partial charge in [0.25, 0.3) is 0 Å². The summed E-state index contributed by atoms with van der Waals surface area (Å²) in [6, 6.07) is 12.7. The third-order valence-corrected chi connectivity index (χ3v) is 4.62. The van der Waals surface area contributed by atoms with Crippen LogP contribution >= 0.6 is 0 Å². The van der Waals surface area contributed by atoms with Gasteiger partial charge in [0.15, 0.2) is 0 Å². The Morgan fingerprint density at radius 1 is 1.14 bits per heavy atom. The first-order valence-corrected chi connectivity index (χ1v) is 7.63. The molecule has 2 aromatic rings. The van der Waals surface area contributed by atoms with Gasteiger partial charge in [-0.2, -0.15) is 0 Å². The van der Waals surface area contributed by atoms with Crippen LogP contribution in [0.15, 0.2) is 42.5 Å². The second kappa shape index (κ2) is 5.38. The zero-order chi connectivity index (χ0) is 15.1. The predicted octanol–water partition coefficient (Wildman–Crippen LogP) is 2.68. The molecule has 114 valence electrons. The van der Waals surface area contributed by atoms with E-state index < -0.39 is 6.10 Å². The van der Waals surface area contributed by atoms with Gasteiger partial charge in [-0.3, -0.25) is 4.90 Å². The first-order valence-electron chi connectivity index (χ1n) is 7.63. The van der Waals surface area contributed by atoms with Crippen LogP contribution in [0.25, 0.3) is 0 Å². The van der Waals surface area contributed by atoms with Crippen LogP contribution in [0, 0.1) is 5.82 Å². The Balaban J connectivity index is 1.70. The Labute approximate surface area is 128 Å². The van der Waals surface area contributed by atoms with E-state index in [1.807, 2.05) is 6.07 Å². The molecule has 2 aromatic carbocycles. The van der Waals surface area contributed by atoms with E-state index in [1.165, 1.54) is 23.3 Å². The van der Waals surface area contributed by atoms with Crippen molar-refractivity contribution in [1.82, 2.24) is 4.90 Å². The van der Waals surface area contributed by atoms with Crippen LogP contribution in [0.3, 0.4) is 0 Å². The minimum atomic E-state index is -0.639. The monoisotopic (exact) mass is 299 g/mol. The smallest absolute Gasteiger partial charge is 0.124 e. The molecule has 0 aliphatic carbocycles. The fourth-order valence-electron chi connectivity index (χ4n) is 3.55. The van der Waals surface area contributed by atoms with Crippen LogP contribution in [0.2, 0.25) is 0 Å². The first kappa shape index (κ1) is 13.7. The van der Waals surface area contributed by atoms with Crippen molar-refractivity contribution in [2.45, 2.75) is 25.1 Å². The summed E-state index contributed by atoms with van der Waals surface area (Å²) in [5.74, 6) is 0.384. The number of hydrogen-bond donors (Lipinski definition) is 1. The zero-order valence-corrected chi connectivity index (χ0v) is 12.2. The molecule has 0 amide bonds. The van der Waals surface area contributed by atoms with Crippen LogP contribution < -0.4 is 4.74 Å². The highest BCUT2D eigenvalue weighted by Crippen LogP contribution is 2.38. The molecule has 1 N–H and O–H groups in total. The van der Waals surface area contributed by atoms with E-state index in [9.17, 15) is 9.50 Å². The van der Waals surface area contributed by atoms with Gasteiger partial charge in [-0.1, -0.05) is 24.3 Å². The SMILES string of the molecule is OC1COc2ccc(F)cc2C1N1CCc2ccccc2C1. The fourth-order valence-corrected chi connectivity index (χ4v) is 3.55. The Bertz CT molecular complexity index is 703. The van der Waals surface area contributed by atoms with Crippen LogP contribution in [0.4, 0.5) is 4.39 Å². The molecular formula is C18H18FNO2. The quantitative estimate of drug-likeness (QED) is 0.879. The average Bonchev–Trinajstić information content (AvgIpc) is 2.54. The molecule has 2 aliphatic heterocycles. The third-order valence-electron chi connectivity index (χ3n) is 4.62. The van der Waals surface area contributed by atoms with Gasteiger partial charge in [-0.05, 0) is 35.7 Å². The van der Waals surface area contributed by atoms with Crippen molar-refractivity contribution in [2.75, 3.05) is 13.2 Å². The van der Waals surface area contributed by atoms with Gasteiger partial charge < -0.3 is 9.84 Å². The number of benzene rings is 2. The van der Waals surface area contributed by atoms with Crippen LogP contribution in [0.5, 0.6) is 5.75 Å². The van der Waals surface area contributed by atoms with Crippen molar-refractivity contribution in [2.24, 2.45) is 0 Å². The largest absolute Gasteiger partial charge is 0.490 e. The summed E-state index contributed by atoms with van der Waals surface area (Å²) in [5, 5.41) is 10.4. The lowest BCUT2D eigenvalue weighted by Gasteiger charge is -2.41. The highest BCUT2D eigenvalue weighted by molar-refractivity contribution is 5.40. The molecule has 0 bridgehead atoms. The third kappa shape index (κ3) is 2.28. The number of aliphatic hydroxyl groups excluding tert-OH is 1. The lowest BCUT2D eigenvalue weighted by atomic mass is 9.92. The fraction of sp³-hybridized carbons (Fsp3) is 0.333. The van der Waals surface area contributed by atoms with Crippen LogP contribution in [-0.4, -0.2) is 29.3 Å². The molecule has 2 heterocycles. The van der Waals surface area contributed by atoms with E-state index in [-0.39, 0.29) is 18.5 Å². The normalized spacial score (nSPS) is 24.3. The molecule has 3 nitrogen and oxygen atoms in total. The summed E-state index contributed by atoms with van der Waals surface area (Å²) in [7, 11) is 0. The molecular weight excluding hydrogens is 281 g/mol. The van der Waals surface area contributed by atoms with E-state index in [0.29, 0.717) is 5.75 Å². The average molecular weight is 299 g/mol. The number of ether oxygens (including phenoxy) is 1. The van der Waals surface area contributed by atoms with Gasteiger partial charge in [0.2, 0.25) is 0 Å². The van der Waals surface area contributed by atoms with E-state index in [1.54, 1.807) is 6.07 Å². The molecule has 0 radical (unpaired) electrons. The van der Waals surface area contributed by atoms with Gasteiger partial charge in [-0.15, -0.1) is 0 Å². The summed E-state index contributed by atoms with van der Waals surface area (Å²) < 4.78 is 19.2. The van der Waals surface area contributed by atoms with Gasteiger partial charge in [0.1, 0.15) is 24.3 Å². The predicted molar refractivity (Wildman–Crippen MR) is 81.2 cm³/mol. The second-order valence-corrected chi connectivity index (χ2v) is 5.99. The van der Waals surface area contributed by atoms with E-state index >= 15 is 0 Å². The topological polar surface area (TPSA) is 32.7 Å². The van der Waals surface area contributed by atoms with Gasteiger partial charge in [-0.25, -0.2) is 4.39 Å².